The largest absolute Gasteiger partial charge is 0.337 e. The van der Waals surface area contributed by atoms with Crippen molar-refractivity contribution in [3.63, 3.8) is 0 Å². The van der Waals surface area contributed by atoms with Crippen molar-refractivity contribution in [2.24, 2.45) is 11.7 Å². The molecule has 2 heterocycles. The van der Waals surface area contributed by atoms with Gasteiger partial charge in [0.1, 0.15) is 0 Å². The molecule has 0 aliphatic carbocycles. The van der Waals surface area contributed by atoms with Crippen LogP contribution in [0.4, 0.5) is 5.95 Å². The number of hydrogen-bond acceptors (Lipinski definition) is 4. The fraction of sp³-hybridized carbons (Fsp3) is 0.750. The lowest BCUT2D eigenvalue weighted by Gasteiger charge is -2.25. The number of aromatic nitrogens is 2. The van der Waals surface area contributed by atoms with Crippen molar-refractivity contribution < 1.29 is 0 Å². The van der Waals surface area contributed by atoms with E-state index < -0.39 is 0 Å². The summed E-state index contributed by atoms with van der Waals surface area (Å²) >= 11 is 0. The lowest BCUT2D eigenvalue weighted by atomic mass is 9.97. The third-order valence-corrected chi connectivity index (χ3v) is 4.02. The molecule has 1 unspecified atom stereocenters. The Labute approximate surface area is 122 Å². The summed E-state index contributed by atoms with van der Waals surface area (Å²) in [5, 5.41) is 0. The molecule has 1 saturated heterocycles. The van der Waals surface area contributed by atoms with Gasteiger partial charge in [-0.2, -0.15) is 0 Å². The third-order valence-electron chi connectivity index (χ3n) is 4.02. The normalized spacial score (nSPS) is 19.4. The molecule has 0 aromatic carbocycles. The van der Waals surface area contributed by atoms with Gasteiger partial charge in [-0.3, -0.25) is 0 Å². The Kier molecular flexibility index (Phi) is 4.97. The van der Waals surface area contributed by atoms with Crippen molar-refractivity contribution in [3.8, 4) is 0 Å². The SMILES string of the molecule is CC(C)Cc1nc(N2CCCC2CN)ncc1C(C)C. The Hall–Kier alpha value is -1.16. The van der Waals surface area contributed by atoms with Crippen molar-refractivity contribution in [3.05, 3.63) is 17.5 Å². The van der Waals surface area contributed by atoms with Gasteiger partial charge in [0, 0.05) is 31.0 Å². The van der Waals surface area contributed by atoms with Gasteiger partial charge in [0.15, 0.2) is 0 Å². The zero-order valence-electron chi connectivity index (χ0n) is 13.3. The Morgan fingerprint density at radius 1 is 1.35 bits per heavy atom. The quantitative estimate of drug-likeness (QED) is 0.898. The molecule has 1 aromatic heterocycles. The van der Waals surface area contributed by atoms with Crippen LogP contribution in [0.2, 0.25) is 0 Å². The maximum atomic E-state index is 5.86. The second-order valence-corrected chi connectivity index (χ2v) is 6.55. The number of hydrogen-bond donors (Lipinski definition) is 1. The van der Waals surface area contributed by atoms with Crippen molar-refractivity contribution in [1.82, 2.24) is 9.97 Å². The minimum Gasteiger partial charge on any atom is -0.337 e. The molecule has 0 radical (unpaired) electrons. The highest BCUT2D eigenvalue weighted by molar-refractivity contribution is 5.37. The lowest BCUT2D eigenvalue weighted by Crippen LogP contribution is -2.36. The predicted molar refractivity (Wildman–Crippen MR) is 84.1 cm³/mol. The zero-order valence-corrected chi connectivity index (χ0v) is 13.3. The number of nitrogens with zero attached hydrogens (tertiary/aromatic N) is 3. The van der Waals surface area contributed by atoms with Gasteiger partial charge in [0.2, 0.25) is 5.95 Å². The molecule has 0 saturated carbocycles. The van der Waals surface area contributed by atoms with Crippen LogP contribution in [-0.2, 0) is 6.42 Å². The Balaban J connectivity index is 2.31. The minimum absolute atomic E-state index is 0.409. The van der Waals surface area contributed by atoms with Crippen LogP contribution in [0.5, 0.6) is 0 Å². The monoisotopic (exact) mass is 276 g/mol. The maximum absolute atomic E-state index is 5.86. The maximum Gasteiger partial charge on any atom is 0.225 e. The minimum atomic E-state index is 0.409. The van der Waals surface area contributed by atoms with Gasteiger partial charge < -0.3 is 10.6 Å². The molecule has 4 nitrogen and oxygen atoms in total. The van der Waals surface area contributed by atoms with E-state index in [1.807, 2.05) is 6.20 Å². The summed E-state index contributed by atoms with van der Waals surface area (Å²) in [5.74, 6) is 1.96. The van der Waals surface area contributed by atoms with Gasteiger partial charge in [0.05, 0.1) is 0 Å². The average molecular weight is 276 g/mol. The van der Waals surface area contributed by atoms with Gasteiger partial charge >= 0.3 is 0 Å². The highest BCUT2D eigenvalue weighted by atomic mass is 15.3. The highest BCUT2D eigenvalue weighted by Gasteiger charge is 2.26. The van der Waals surface area contributed by atoms with E-state index in [0.29, 0.717) is 24.4 Å². The van der Waals surface area contributed by atoms with Crippen molar-refractivity contribution in [2.45, 2.75) is 58.9 Å². The summed E-state index contributed by atoms with van der Waals surface area (Å²) in [4.78, 5) is 11.8. The van der Waals surface area contributed by atoms with Gasteiger partial charge in [0.25, 0.3) is 0 Å². The first-order chi connectivity index (χ1) is 9.52. The number of nitrogens with two attached hydrogens (primary N) is 1. The molecule has 1 aliphatic rings. The molecule has 1 atom stereocenters. The molecule has 0 bridgehead atoms. The molecule has 0 spiro atoms. The Morgan fingerprint density at radius 2 is 2.10 bits per heavy atom. The summed E-state index contributed by atoms with van der Waals surface area (Å²) < 4.78 is 0. The van der Waals surface area contributed by atoms with E-state index in [2.05, 4.69) is 37.6 Å². The van der Waals surface area contributed by atoms with E-state index in [0.717, 1.165) is 25.3 Å². The molecule has 2 N–H and O–H groups in total. The standard InChI is InChI=1S/C16H28N4/c1-11(2)8-15-14(12(3)4)10-18-16(19-15)20-7-5-6-13(20)9-17/h10-13H,5-9,17H2,1-4H3. The first-order valence-electron chi connectivity index (χ1n) is 7.85. The third kappa shape index (κ3) is 3.29. The fourth-order valence-electron chi connectivity index (χ4n) is 2.93. The molecule has 112 valence electrons. The molecule has 0 amide bonds. The average Bonchev–Trinajstić information content (AvgIpc) is 2.85. The molecule has 1 fully saturated rings. The van der Waals surface area contributed by atoms with E-state index in [4.69, 9.17) is 10.7 Å². The molecule has 1 aromatic rings. The van der Waals surface area contributed by atoms with Crippen LogP contribution in [0.25, 0.3) is 0 Å². The van der Waals surface area contributed by atoms with Gasteiger partial charge in [-0.25, -0.2) is 9.97 Å². The van der Waals surface area contributed by atoms with E-state index in [-0.39, 0.29) is 0 Å². The highest BCUT2D eigenvalue weighted by Crippen LogP contribution is 2.26. The second-order valence-electron chi connectivity index (χ2n) is 6.55. The summed E-state index contributed by atoms with van der Waals surface area (Å²) in [6.45, 7) is 10.6. The molecular weight excluding hydrogens is 248 g/mol. The van der Waals surface area contributed by atoms with Crippen molar-refractivity contribution in [2.75, 3.05) is 18.0 Å². The summed E-state index contributed by atoms with van der Waals surface area (Å²) in [7, 11) is 0. The molecule has 1 aliphatic heterocycles. The van der Waals surface area contributed by atoms with E-state index >= 15 is 0 Å². The molecule has 2 rings (SSSR count). The van der Waals surface area contributed by atoms with Gasteiger partial charge in [-0.1, -0.05) is 27.7 Å². The van der Waals surface area contributed by atoms with Crippen molar-refractivity contribution in [1.29, 1.82) is 0 Å². The number of rotatable bonds is 5. The molecule has 20 heavy (non-hydrogen) atoms. The number of anilines is 1. The van der Waals surface area contributed by atoms with Crippen LogP contribution < -0.4 is 10.6 Å². The smallest absolute Gasteiger partial charge is 0.225 e. The Bertz CT molecular complexity index is 442. The van der Waals surface area contributed by atoms with Gasteiger partial charge in [-0.05, 0) is 36.7 Å². The van der Waals surface area contributed by atoms with Crippen molar-refractivity contribution >= 4 is 5.95 Å². The molecule has 4 heteroatoms. The van der Waals surface area contributed by atoms with E-state index in [9.17, 15) is 0 Å². The summed E-state index contributed by atoms with van der Waals surface area (Å²) in [6.07, 6.45) is 5.39. The topological polar surface area (TPSA) is 55.0 Å². The Morgan fingerprint density at radius 3 is 2.70 bits per heavy atom. The van der Waals surface area contributed by atoms with Crippen LogP contribution in [0.1, 0.15) is 57.7 Å². The summed E-state index contributed by atoms with van der Waals surface area (Å²) in [6, 6.07) is 0.409. The fourth-order valence-corrected chi connectivity index (χ4v) is 2.93. The van der Waals surface area contributed by atoms with Crippen LogP contribution >= 0.6 is 0 Å². The van der Waals surface area contributed by atoms with E-state index in [1.165, 1.54) is 17.7 Å². The second kappa shape index (κ2) is 6.53. The van der Waals surface area contributed by atoms with Crippen LogP contribution in [0, 0.1) is 5.92 Å². The zero-order chi connectivity index (χ0) is 14.7. The lowest BCUT2D eigenvalue weighted by molar-refractivity contribution is 0.615. The van der Waals surface area contributed by atoms with Gasteiger partial charge in [-0.15, -0.1) is 0 Å². The van der Waals surface area contributed by atoms with Crippen LogP contribution in [0.15, 0.2) is 6.20 Å². The predicted octanol–water partition coefficient (Wildman–Crippen LogP) is 2.73. The first kappa shape index (κ1) is 15.2. The molecular formula is C16H28N4. The summed E-state index contributed by atoms with van der Waals surface area (Å²) in [5.41, 5.74) is 8.36. The van der Waals surface area contributed by atoms with Crippen LogP contribution in [-0.4, -0.2) is 29.1 Å². The first-order valence-corrected chi connectivity index (χ1v) is 7.85. The van der Waals surface area contributed by atoms with Crippen LogP contribution in [0.3, 0.4) is 0 Å². The van der Waals surface area contributed by atoms with E-state index in [1.54, 1.807) is 0 Å².